The summed E-state index contributed by atoms with van der Waals surface area (Å²) >= 11 is 0. The molecule has 0 bridgehead atoms. The van der Waals surface area contributed by atoms with Crippen LogP contribution in [0.5, 0.6) is 0 Å². The van der Waals surface area contributed by atoms with Crippen LogP contribution in [0, 0.1) is 5.92 Å². The zero-order valence-electron chi connectivity index (χ0n) is 6.51. The highest BCUT2D eigenvalue weighted by molar-refractivity contribution is 7.28. The fourth-order valence-electron chi connectivity index (χ4n) is 1.40. The zero-order valence-corrected chi connectivity index (χ0v) is 7.51. The Morgan fingerprint density at radius 1 is 1.73 bits per heavy atom. The van der Waals surface area contributed by atoms with E-state index >= 15 is 0 Å². The van der Waals surface area contributed by atoms with E-state index in [1.54, 1.807) is 0 Å². The van der Waals surface area contributed by atoms with Crippen LogP contribution in [-0.4, -0.2) is 24.0 Å². The monoisotopic (exact) mass is 174 g/mol. The maximum atomic E-state index is 8.69. The van der Waals surface area contributed by atoms with Gasteiger partial charge in [-0.15, -0.1) is 6.58 Å². The summed E-state index contributed by atoms with van der Waals surface area (Å²) in [6.07, 6.45) is 3.09. The van der Waals surface area contributed by atoms with Crippen molar-refractivity contribution in [1.29, 1.82) is 0 Å². The second-order valence-corrected chi connectivity index (χ2v) is 3.27. The van der Waals surface area contributed by atoms with Crippen molar-refractivity contribution in [3.63, 3.8) is 0 Å². The summed E-state index contributed by atoms with van der Waals surface area (Å²) in [6, 6.07) is 0.365. The third kappa shape index (κ3) is 2.53. The van der Waals surface area contributed by atoms with Gasteiger partial charge in [0.2, 0.25) is 0 Å². The number of nitrogens with one attached hydrogen (secondary N) is 2. The SMILES string of the molecule is C=CC1CCNCC1NPO. The van der Waals surface area contributed by atoms with Crippen LogP contribution in [0.3, 0.4) is 0 Å². The molecule has 0 saturated carbocycles. The first kappa shape index (κ1) is 9.14. The predicted molar refractivity (Wildman–Crippen MR) is 48.6 cm³/mol. The molecule has 1 aliphatic heterocycles. The summed E-state index contributed by atoms with van der Waals surface area (Å²) in [5, 5.41) is 6.30. The first-order valence-corrected chi connectivity index (χ1v) is 4.81. The molecule has 3 atom stereocenters. The van der Waals surface area contributed by atoms with Crippen molar-refractivity contribution in [2.45, 2.75) is 12.5 Å². The molecule has 0 radical (unpaired) electrons. The highest BCUT2D eigenvalue weighted by atomic mass is 31.1. The molecule has 1 heterocycles. The number of hydrogen-bond acceptors (Lipinski definition) is 3. The molecule has 0 aromatic rings. The van der Waals surface area contributed by atoms with Crippen molar-refractivity contribution in [1.82, 2.24) is 10.4 Å². The standard InChI is InChI=1S/C7H15N2OP/c1-2-6-3-4-8-5-7(6)9-11-10/h2,6-11H,1,3-5H2. The van der Waals surface area contributed by atoms with Gasteiger partial charge in [-0.25, -0.2) is 0 Å². The van der Waals surface area contributed by atoms with Gasteiger partial charge < -0.3 is 10.2 Å². The van der Waals surface area contributed by atoms with Crippen LogP contribution >= 0.6 is 8.96 Å². The van der Waals surface area contributed by atoms with Gasteiger partial charge in [-0.2, -0.15) is 0 Å². The van der Waals surface area contributed by atoms with Crippen LogP contribution in [0.1, 0.15) is 6.42 Å². The summed E-state index contributed by atoms with van der Waals surface area (Å²) in [4.78, 5) is 8.69. The van der Waals surface area contributed by atoms with Crippen molar-refractivity contribution in [3.05, 3.63) is 12.7 Å². The molecule has 3 nitrogen and oxygen atoms in total. The van der Waals surface area contributed by atoms with Crippen molar-refractivity contribution in [2.24, 2.45) is 5.92 Å². The van der Waals surface area contributed by atoms with Gasteiger partial charge in [-0.3, -0.25) is 5.09 Å². The average Bonchev–Trinajstić information content (AvgIpc) is 2.06. The molecule has 1 rings (SSSR count). The van der Waals surface area contributed by atoms with Crippen LogP contribution in [0.25, 0.3) is 0 Å². The first-order valence-electron chi connectivity index (χ1n) is 3.86. The Labute approximate surface area is 69.2 Å². The molecule has 0 aromatic carbocycles. The Bertz CT molecular complexity index is 130. The molecule has 1 fully saturated rings. The highest BCUT2D eigenvalue weighted by Gasteiger charge is 2.20. The predicted octanol–water partition coefficient (Wildman–Crippen LogP) is 0.241. The minimum absolute atomic E-state index is 0.160. The van der Waals surface area contributed by atoms with Crippen LogP contribution in [0.4, 0.5) is 0 Å². The lowest BCUT2D eigenvalue weighted by atomic mass is 9.94. The van der Waals surface area contributed by atoms with Crippen LogP contribution < -0.4 is 10.4 Å². The molecular weight excluding hydrogens is 159 g/mol. The molecule has 0 spiro atoms. The Morgan fingerprint density at radius 2 is 2.55 bits per heavy atom. The summed E-state index contributed by atoms with van der Waals surface area (Å²) in [5.41, 5.74) is 0. The second-order valence-electron chi connectivity index (χ2n) is 2.75. The molecule has 64 valence electrons. The Balaban J connectivity index is 2.37. The van der Waals surface area contributed by atoms with Crippen LogP contribution in [0.15, 0.2) is 12.7 Å². The average molecular weight is 174 g/mol. The third-order valence-corrected chi connectivity index (χ3v) is 2.59. The molecule has 11 heavy (non-hydrogen) atoms. The van der Waals surface area contributed by atoms with E-state index in [4.69, 9.17) is 4.89 Å². The minimum atomic E-state index is -0.160. The highest BCUT2D eigenvalue weighted by Crippen LogP contribution is 2.15. The molecule has 0 amide bonds. The van der Waals surface area contributed by atoms with E-state index in [1.165, 1.54) is 0 Å². The fraction of sp³-hybridized carbons (Fsp3) is 0.714. The number of rotatable bonds is 3. The Morgan fingerprint density at radius 3 is 3.18 bits per heavy atom. The maximum Gasteiger partial charge on any atom is 0.0828 e. The van der Waals surface area contributed by atoms with Gasteiger partial charge in [0.1, 0.15) is 0 Å². The van der Waals surface area contributed by atoms with E-state index in [1.807, 2.05) is 6.08 Å². The number of hydrogen-bond donors (Lipinski definition) is 3. The van der Waals surface area contributed by atoms with E-state index in [-0.39, 0.29) is 8.96 Å². The van der Waals surface area contributed by atoms with E-state index in [0.29, 0.717) is 12.0 Å². The summed E-state index contributed by atoms with van der Waals surface area (Å²) < 4.78 is 0. The van der Waals surface area contributed by atoms with E-state index in [0.717, 1.165) is 19.5 Å². The summed E-state index contributed by atoms with van der Waals surface area (Å²) in [6.45, 7) is 5.76. The van der Waals surface area contributed by atoms with Gasteiger partial charge in [0.05, 0.1) is 8.96 Å². The van der Waals surface area contributed by atoms with Gasteiger partial charge >= 0.3 is 0 Å². The van der Waals surface area contributed by atoms with Gasteiger partial charge in [0, 0.05) is 12.6 Å². The minimum Gasteiger partial charge on any atom is -0.361 e. The zero-order chi connectivity index (χ0) is 8.10. The third-order valence-electron chi connectivity index (χ3n) is 2.09. The lowest BCUT2D eigenvalue weighted by Gasteiger charge is -2.29. The fourth-order valence-corrected chi connectivity index (χ4v) is 1.88. The quantitative estimate of drug-likeness (QED) is 0.424. The summed E-state index contributed by atoms with van der Waals surface area (Å²) in [7, 11) is -0.160. The lowest BCUT2D eigenvalue weighted by molar-refractivity contribution is 0.358. The molecule has 1 saturated heterocycles. The molecular formula is C7H15N2OP. The van der Waals surface area contributed by atoms with Gasteiger partial charge in [0.25, 0.3) is 0 Å². The largest absolute Gasteiger partial charge is 0.361 e. The van der Waals surface area contributed by atoms with Crippen molar-refractivity contribution in [2.75, 3.05) is 13.1 Å². The molecule has 0 aromatic heterocycles. The van der Waals surface area contributed by atoms with Crippen molar-refractivity contribution >= 4 is 8.96 Å². The van der Waals surface area contributed by atoms with Gasteiger partial charge in [-0.1, -0.05) is 6.08 Å². The summed E-state index contributed by atoms with van der Waals surface area (Å²) in [5.74, 6) is 0.510. The maximum absolute atomic E-state index is 8.69. The Hall–Kier alpha value is 0.0500. The van der Waals surface area contributed by atoms with Crippen molar-refractivity contribution in [3.8, 4) is 0 Å². The second kappa shape index (κ2) is 4.83. The molecule has 3 unspecified atom stereocenters. The molecule has 1 aliphatic rings. The van der Waals surface area contributed by atoms with Gasteiger partial charge in [-0.05, 0) is 18.9 Å². The lowest BCUT2D eigenvalue weighted by Crippen LogP contribution is -2.45. The van der Waals surface area contributed by atoms with Crippen LogP contribution in [-0.2, 0) is 0 Å². The first-order chi connectivity index (χ1) is 5.38. The van der Waals surface area contributed by atoms with Crippen molar-refractivity contribution < 1.29 is 4.89 Å². The molecule has 4 heteroatoms. The molecule has 0 aliphatic carbocycles. The van der Waals surface area contributed by atoms with Crippen LogP contribution in [0.2, 0.25) is 0 Å². The van der Waals surface area contributed by atoms with E-state index < -0.39 is 0 Å². The van der Waals surface area contributed by atoms with E-state index in [9.17, 15) is 0 Å². The number of piperidine rings is 1. The van der Waals surface area contributed by atoms with Gasteiger partial charge in [0.15, 0.2) is 0 Å². The topological polar surface area (TPSA) is 44.3 Å². The normalized spacial score (nSPS) is 32.8. The Kier molecular flexibility index (Phi) is 4.02. The smallest absolute Gasteiger partial charge is 0.0828 e. The molecule has 3 N–H and O–H groups in total. The van der Waals surface area contributed by atoms with E-state index in [2.05, 4.69) is 17.0 Å².